The first-order valence-electron chi connectivity index (χ1n) is 8.63. The summed E-state index contributed by atoms with van der Waals surface area (Å²) in [6, 6.07) is 13.2. The average molecular weight is 370 g/mol. The predicted octanol–water partition coefficient (Wildman–Crippen LogP) is 4.76. The van der Waals surface area contributed by atoms with Crippen LogP contribution in [0.15, 0.2) is 58.5 Å². The highest BCUT2D eigenvalue weighted by Gasteiger charge is 2.23. The van der Waals surface area contributed by atoms with Crippen molar-refractivity contribution in [2.75, 3.05) is 0 Å². The van der Waals surface area contributed by atoms with Crippen LogP contribution in [0.25, 0.3) is 0 Å². The van der Waals surface area contributed by atoms with E-state index in [2.05, 4.69) is 11.9 Å². The molecular formula is C20H22N2O3S. The van der Waals surface area contributed by atoms with Crippen molar-refractivity contribution in [3.8, 4) is 5.75 Å². The third kappa shape index (κ3) is 4.52. The molecule has 0 aliphatic rings. The normalized spacial score (nSPS) is 11.9. The monoisotopic (exact) mass is 370 g/mol. The third-order valence-electron chi connectivity index (χ3n) is 4.15. The van der Waals surface area contributed by atoms with E-state index in [0.717, 1.165) is 22.9 Å². The van der Waals surface area contributed by atoms with Gasteiger partial charge in [-0.3, -0.25) is 4.79 Å². The van der Waals surface area contributed by atoms with E-state index in [4.69, 9.17) is 9.15 Å². The fourth-order valence-electron chi connectivity index (χ4n) is 2.51. The lowest BCUT2D eigenvalue weighted by Crippen LogP contribution is -2.37. The van der Waals surface area contributed by atoms with Crippen molar-refractivity contribution in [3.05, 3.63) is 70.6 Å². The van der Waals surface area contributed by atoms with Gasteiger partial charge in [-0.2, -0.15) is 0 Å². The number of hydrogen-bond donors (Lipinski definition) is 0. The molecule has 0 radical (unpaired) electrons. The lowest BCUT2D eigenvalue weighted by molar-refractivity contribution is 0.0636. The van der Waals surface area contributed by atoms with Crippen LogP contribution in [0.4, 0.5) is 0 Å². The van der Waals surface area contributed by atoms with E-state index in [1.807, 2.05) is 42.6 Å². The van der Waals surface area contributed by atoms with Crippen molar-refractivity contribution in [2.45, 2.75) is 39.5 Å². The minimum Gasteiger partial charge on any atom is -0.486 e. The number of ether oxygens (including phenoxy) is 1. The van der Waals surface area contributed by atoms with Crippen molar-refractivity contribution < 1.29 is 13.9 Å². The Morgan fingerprint density at radius 2 is 2.08 bits per heavy atom. The number of amides is 1. The van der Waals surface area contributed by atoms with Crippen molar-refractivity contribution in [1.82, 2.24) is 9.88 Å². The number of benzene rings is 1. The highest BCUT2D eigenvalue weighted by Crippen LogP contribution is 2.19. The maximum Gasteiger partial charge on any atom is 0.290 e. The van der Waals surface area contributed by atoms with E-state index < -0.39 is 0 Å². The minimum atomic E-state index is -0.112. The van der Waals surface area contributed by atoms with Gasteiger partial charge in [-0.1, -0.05) is 25.1 Å². The van der Waals surface area contributed by atoms with Crippen LogP contribution in [0, 0.1) is 0 Å². The maximum absolute atomic E-state index is 12.7. The number of carbonyl (C=O) groups is 1. The molecule has 0 aliphatic carbocycles. The molecule has 0 saturated carbocycles. The van der Waals surface area contributed by atoms with Crippen LogP contribution in [0.5, 0.6) is 5.75 Å². The van der Waals surface area contributed by atoms with Crippen LogP contribution >= 0.6 is 11.3 Å². The van der Waals surface area contributed by atoms with E-state index in [9.17, 15) is 4.79 Å². The molecule has 1 atom stereocenters. The zero-order valence-electron chi connectivity index (χ0n) is 14.9. The average Bonchev–Trinajstić information content (AvgIpc) is 3.36. The van der Waals surface area contributed by atoms with Crippen molar-refractivity contribution in [1.29, 1.82) is 0 Å². The van der Waals surface area contributed by atoms with Crippen LogP contribution in [0.1, 0.15) is 41.5 Å². The standard InChI is InChI=1S/C20H22N2O3S/c1-3-15(2)22(20(23)18-10-7-11-24-18)12-16-14-26-19(21-16)13-25-17-8-5-4-6-9-17/h4-11,14-15H,3,12-13H2,1-2H3/t15-/m1/s1. The summed E-state index contributed by atoms with van der Waals surface area (Å²) < 4.78 is 11.0. The Morgan fingerprint density at radius 1 is 1.27 bits per heavy atom. The molecule has 6 heteroatoms. The summed E-state index contributed by atoms with van der Waals surface area (Å²) in [6.45, 7) is 4.97. The predicted molar refractivity (Wildman–Crippen MR) is 101 cm³/mol. The molecule has 5 nitrogen and oxygen atoms in total. The maximum atomic E-state index is 12.7. The van der Waals surface area contributed by atoms with Crippen LogP contribution < -0.4 is 4.74 Å². The summed E-state index contributed by atoms with van der Waals surface area (Å²) in [5.41, 5.74) is 0.863. The molecular weight excluding hydrogens is 348 g/mol. The first-order chi connectivity index (χ1) is 12.7. The van der Waals surface area contributed by atoms with E-state index in [-0.39, 0.29) is 11.9 Å². The Balaban J connectivity index is 1.66. The van der Waals surface area contributed by atoms with Crippen molar-refractivity contribution in [2.24, 2.45) is 0 Å². The quantitative estimate of drug-likeness (QED) is 0.574. The van der Waals surface area contributed by atoms with Crippen LogP contribution in [-0.4, -0.2) is 21.8 Å². The molecule has 3 aromatic rings. The van der Waals surface area contributed by atoms with Gasteiger partial charge in [-0.15, -0.1) is 11.3 Å². The van der Waals surface area contributed by atoms with Gasteiger partial charge < -0.3 is 14.1 Å². The SMILES string of the molecule is CC[C@@H](C)N(Cc1csc(COc2ccccc2)n1)C(=O)c1ccco1. The highest BCUT2D eigenvalue weighted by atomic mass is 32.1. The largest absolute Gasteiger partial charge is 0.486 e. The first-order valence-corrected chi connectivity index (χ1v) is 9.51. The van der Waals surface area contributed by atoms with Gasteiger partial charge in [0, 0.05) is 11.4 Å². The van der Waals surface area contributed by atoms with Crippen LogP contribution in [-0.2, 0) is 13.2 Å². The van der Waals surface area contributed by atoms with Gasteiger partial charge in [0.05, 0.1) is 18.5 Å². The summed E-state index contributed by atoms with van der Waals surface area (Å²) in [7, 11) is 0. The molecule has 0 saturated heterocycles. The fraction of sp³-hybridized carbons (Fsp3) is 0.300. The molecule has 136 valence electrons. The number of rotatable bonds is 8. The summed E-state index contributed by atoms with van der Waals surface area (Å²) in [5, 5.41) is 2.87. The molecule has 26 heavy (non-hydrogen) atoms. The van der Waals surface area contributed by atoms with Gasteiger partial charge in [-0.25, -0.2) is 4.98 Å². The number of aromatic nitrogens is 1. The molecule has 0 aliphatic heterocycles. The fourth-order valence-corrected chi connectivity index (χ4v) is 3.21. The highest BCUT2D eigenvalue weighted by molar-refractivity contribution is 7.09. The van der Waals surface area contributed by atoms with Crippen LogP contribution in [0.2, 0.25) is 0 Å². The zero-order valence-corrected chi connectivity index (χ0v) is 15.7. The second-order valence-corrected chi connectivity index (χ2v) is 6.94. The molecule has 2 heterocycles. The Morgan fingerprint density at radius 3 is 2.77 bits per heavy atom. The lowest BCUT2D eigenvalue weighted by atomic mass is 10.2. The second-order valence-electron chi connectivity index (χ2n) is 6.00. The third-order valence-corrected chi connectivity index (χ3v) is 5.02. The number of furan rings is 1. The molecule has 0 bridgehead atoms. The molecule has 2 aromatic heterocycles. The minimum absolute atomic E-state index is 0.0957. The van der Waals surface area contributed by atoms with Gasteiger partial charge in [0.1, 0.15) is 17.4 Å². The van der Waals surface area contributed by atoms with Gasteiger partial charge in [-0.05, 0) is 37.6 Å². The molecule has 0 spiro atoms. The van der Waals surface area contributed by atoms with Gasteiger partial charge in [0.25, 0.3) is 5.91 Å². The Labute approximate surface area is 157 Å². The molecule has 3 rings (SSSR count). The van der Waals surface area contributed by atoms with E-state index >= 15 is 0 Å². The smallest absolute Gasteiger partial charge is 0.290 e. The van der Waals surface area contributed by atoms with Gasteiger partial charge in [0.15, 0.2) is 5.76 Å². The molecule has 1 amide bonds. The number of para-hydroxylation sites is 1. The van der Waals surface area contributed by atoms with E-state index in [0.29, 0.717) is 18.9 Å². The lowest BCUT2D eigenvalue weighted by Gasteiger charge is -2.27. The van der Waals surface area contributed by atoms with Gasteiger partial charge in [0.2, 0.25) is 0 Å². The molecule has 0 fully saturated rings. The number of hydrogen-bond acceptors (Lipinski definition) is 5. The van der Waals surface area contributed by atoms with Crippen molar-refractivity contribution >= 4 is 17.2 Å². The van der Waals surface area contributed by atoms with Crippen LogP contribution in [0.3, 0.4) is 0 Å². The number of nitrogens with zero attached hydrogens (tertiary/aromatic N) is 2. The first kappa shape index (κ1) is 18.2. The summed E-state index contributed by atoms with van der Waals surface area (Å²) >= 11 is 1.54. The van der Waals surface area contributed by atoms with E-state index in [1.165, 1.54) is 6.26 Å². The topological polar surface area (TPSA) is 55.6 Å². The Kier molecular flexibility index (Phi) is 6.07. The summed E-state index contributed by atoms with van der Waals surface area (Å²) in [5.74, 6) is 1.06. The Bertz CT molecular complexity index is 815. The molecule has 0 unspecified atom stereocenters. The van der Waals surface area contributed by atoms with Crippen molar-refractivity contribution in [3.63, 3.8) is 0 Å². The Hall–Kier alpha value is -2.60. The number of carbonyl (C=O) groups excluding carboxylic acids is 1. The number of thiazole rings is 1. The summed E-state index contributed by atoms with van der Waals surface area (Å²) in [4.78, 5) is 19.1. The molecule has 0 N–H and O–H groups in total. The molecule has 1 aromatic carbocycles. The zero-order chi connectivity index (χ0) is 18.4. The second kappa shape index (κ2) is 8.67. The van der Waals surface area contributed by atoms with Gasteiger partial charge >= 0.3 is 0 Å². The summed E-state index contributed by atoms with van der Waals surface area (Å²) in [6.07, 6.45) is 2.38. The van der Waals surface area contributed by atoms with E-state index in [1.54, 1.807) is 28.4 Å².